The fraction of sp³-hybridized carbons (Fsp3) is 0.647. The Morgan fingerprint density at radius 1 is 1.19 bits per heavy atom. The van der Waals surface area contributed by atoms with Crippen molar-refractivity contribution in [3.63, 3.8) is 0 Å². The molecule has 0 aromatic heterocycles. The maximum Gasteiger partial charge on any atom is 0.126 e. The third-order valence-electron chi connectivity index (χ3n) is 4.09. The van der Waals surface area contributed by atoms with Crippen LogP contribution in [0.3, 0.4) is 0 Å². The predicted octanol–water partition coefficient (Wildman–Crippen LogP) is 4.21. The van der Waals surface area contributed by atoms with Crippen LogP contribution in [-0.4, -0.2) is 19.3 Å². The predicted molar refractivity (Wildman–Crippen MR) is 80.1 cm³/mol. The first-order chi connectivity index (χ1) is 10.1. The number of hydrogen-bond donors (Lipinski definition) is 1. The highest BCUT2D eigenvalue weighted by Crippen LogP contribution is 2.37. The molecule has 1 aromatic rings. The van der Waals surface area contributed by atoms with Crippen molar-refractivity contribution in [1.82, 2.24) is 5.32 Å². The molecule has 0 bridgehead atoms. The van der Waals surface area contributed by atoms with Crippen LogP contribution < -0.4 is 5.32 Å². The lowest BCUT2D eigenvalue weighted by Gasteiger charge is -2.37. The van der Waals surface area contributed by atoms with E-state index in [0.717, 1.165) is 44.9 Å². The molecule has 1 aliphatic carbocycles. The van der Waals surface area contributed by atoms with E-state index >= 15 is 0 Å². The number of ether oxygens (including phenoxy) is 1. The third kappa shape index (κ3) is 4.75. The van der Waals surface area contributed by atoms with Gasteiger partial charge in [-0.15, -0.1) is 0 Å². The minimum Gasteiger partial charge on any atom is -0.378 e. The van der Waals surface area contributed by atoms with Crippen LogP contribution in [0, 0.1) is 17.6 Å². The summed E-state index contributed by atoms with van der Waals surface area (Å²) in [6.45, 7) is 5.70. The van der Waals surface area contributed by atoms with Crippen LogP contribution >= 0.6 is 0 Å². The molecule has 0 saturated heterocycles. The number of rotatable bonds is 8. The van der Waals surface area contributed by atoms with E-state index in [1.165, 1.54) is 12.1 Å². The first kappa shape index (κ1) is 16.4. The largest absolute Gasteiger partial charge is 0.378 e. The second-order valence-corrected chi connectivity index (χ2v) is 5.86. The van der Waals surface area contributed by atoms with E-state index in [1.54, 1.807) is 0 Å². The molecule has 1 N–H and O–H groups in total. The van der Waals surface area contributed by atoms with Gasteiger partial charge in [0.15, 0.2) is 0 Å². The van der Waals surface area contributed by atoms with Gasteiger partial charge in [0.05, 0.1) is 6.10 Å². The molecule has 0 amide bonds. The molecule has 1 aromatic carbocycles. The molecular formula is C17H25F2NO. The molecule has 21 heavy (non-hydrogen) atoms. The molecule has 1 saturated carbocycles. The highest BCUT2D eigenvalue weighted by atomic mass is 19.1. The lowest BCUT2D eigenvalue weighted by molar-refractivity contribution is -0.0291. The Kier molecular flexibility index (Phi) is 6.12. The highest BCUT2D eigenvalue weighted by Gasteiger charge is 2.31. The van der Waals surface area contributed by atoms with Crippen LogP contribution in [0.2, 0.25) is 0 Å². The Morgan fingerprint density at radius 3 is 2.43 bits per heavy atom. The minimum atomic E-state index is -0.505. The summed E-state index contributed by atoms with van der Waals surface area (Å²) in [6.07, 6.45) is 4.38. The van der Waals surface area contributed by atoms with E-state index in [0.29, 0.717) is 17.6 Å². The summed E-state index contributed by atoms with van der Waals surface area (Å²) >= 11 is 0. The zero-order valence-corrected chi connectivity index (χ0v) is 12.9. The first-order valence-electron chi connectivity index (χ1n) is 7.93. The van der Waals surface area contributed by atoms with E-state index in [-0.39, 0.29) is 6.04 Å². The quantitative estimate of drug-likeness (QED) is 0.776. The monoisotopic (exact) mass is 297 g/mol. The van der Waals surface area contributed by atoms with Gasteiger partial charge in [0.25, 0.3) is 0 Å². The number of halogens is 2. The van der Waals surface area contributed by atoms with E-state index in [9.17, 15) is 8.78 Å². The molecule has 4 heteroatoms. The van der Waals surface area contributed by atoms with Crippen LogP contribution in [0.5, 0.6) is 0 Å². The molecule has 0 aliphatic heterocycles. The summed E-state index contributed by atoms with van der Waals surface area (Å²) in [7, 11) is 0. The minimum absolute atomic E-state index is 0.0164. The summed E-state index contributed by atoms with van der Waals surface area (Å²) in [4.78, 5) is 0. The summed E-state index contributed by atoms with van der Waals surface area (Å²) in [5.41, 5.74) is 0.709. The van der Waals surface area contributed by atoms with Crippen LogP contribution in [0.15, 0.2) is 18.2 Å². The van der Waals surface area contributed by atoms with Gasteiger partial charge in [-0.05, 0) is 62.8 Å². The van der Waals surface area contributed by atoms with Gasteiger partial charge in [-0.3, -0.25) is 0 Å². The maximum atomic E-state index is 13.4. The number of nitrogens with one attached hydrogen (secondary N) is 1. The fourth-order valence-corrected chi connectivity index (χ4v) is 3.00. The summed E-state index contributed by atoms with van der Waals surface area (Å²) < 4.78 is 32.4. The van der Waals surface area contributed by atoms with Crippen molar-refractivity contribution in [3.05, 3.63) is 35.4 Å². The van der Waals surface area contributed by atoms with Gasteiger partial charge >= 0.3 is 0 Å². The van der Waals surface area contributed by atoms with Gasteiger partial charge < -0.3 is 10.1 Å². The Labute approximate surface area is 125 Å². The van der Waals surface area contributed by atoms with Gasteiger partial charge in [0, 0.05) is 18.7 Å². The second-order valence-electron chi connectivity index (χ2n) is 5.86. The highest BCUT2D eigenvalue weighted by molar-refractivity contribution is 5.21. The molecule has 0 heterocycles. The van der Waals surface area contributed by atoms with Crippen LogP contribution in [0.25, 0.3) is 0 Å². The van der Waals surface area contributed by atoms with Crippen molar-refractivity contribution in [1.29, 1.82) is 0 Å². The normalized spacial score (nSPS) is 22.9. The summed E-state index contributed by atoms with van der Waals surface area (Å²) in [5, 5.41) is 3.41. The van der Waals surface area contributed by atoms with Gasteiger partial charge in [-0.1, -0.05) is 6.92 Å². The third-order valence-corrected chi connectivity index (χ3v) is 4.09. The molecule has 0 radical (unpaired) electrons. The van der Waals surface area contributed by atoms with Crippen LogP contribution in [0.4, 0.5) is 8.78 Å². The van der Waals surface area contributed by atoms with Gasteiger partial charge in [-0.25, -0.2) is 8.78 Å². The van der Waals surface area contributed by atoms with E-state index in [2.05, 4.69) is 12.2 Å². The molecule has 1 fully saturated rings. The maximum absolute atomic E-state index is 13.4. The van der Waals surface area contributed by atoms with E-state index < -0.39 is 11.6 Å². The molecule has 2 rings (SSSR count). The molecule has 118 valence electrons. The van der Waals surface area contributed by atoms with Crippen molar-refractivity contribution in [2.75, 3.05) is 13.2 Å². The smallest absolute Gasteiger partial charge is 0.126 e. The fourth-order valence-electron chi connectivity index (χ4n) is 3.00. The zero-order chi connectivity index (χ0) is 15.2. The van der Waals surface area contributed by atoms with Crippen molar-refractivity contribution >= 4 is 0 Å². The SMILES string of the molecule is CCCNC(CC1CC(OCC)C1)c1cc(F)cc(F)c1. The van der Waals surface area contributed by atoms with Crippen molar-refractivity contribution in [2.45, 2.75) is 51.7 Å². The van der Waals surface area contributed by atoms with Crippen LogP contribution in [-0.2, 0) is 4.74 Å². The molecular weight excluding hydrogens is 272 g/mol. The lowest BCUT2D eigenvalue weighted by atomic mass is 9.77. The lowest BCUT2D eigenvalue weighted by Crippen LogP contribution is -2.35. The van der Waals surface area contributed by atoms with Gasteiger partial charge in [-0.2, -0.15) is 0 Å². The number of hydrogen-bond acceptors (Lipinski definition) is 2. The van der Waals surface area contributed by atoms with Crippen molar-refractivity contribution in [3.8, 4) is 0 Å². The standard InChI is InChI=1S/C17H25F2NO/c1-3-5-20-17(8-12-6-16(7-12)21-4-2)13-9-14(18)11-15(19)10-13/h9-12,16-17,20H,3-8H2,1-2H3. The Bertz CT molecular complexity index is 426. The zero-order valence-electron chi connectivity index (χ0n) is 12.9. The van der Waals surface area contributed by atoms with Crippen LogP contribution in [0.1, 0.15) is 51.1 Å². The van der Waals surface area contributed by atoms with E-state index in [1.807, 2.05) is 6.92 Å². The molecule has 1 aliphatic rings. The Hall–Kier alpha value is -1.00. The molecule has 2 nitrogen and oxygen atoms in total. The average molecular weight is 297 g/mol. The van der Waals surface area contributed by atoms with Gasteiger partial charge in [0.1, 0.15) is 11.6 Å². The topological polar surface area (TPSA) is 21.3 Å². The first-order valence-corrected chi connectivity index (χ1v) is 7.93. The Morgan fingerprint density at radius 2 is 1.86 bits per heavy atom. The number of benzene rings is 1. The molecule has 1 unspecified atom stereocenters. The van der Waals surface area contributed by atoms with Gasteiger partial charge in [0.2, 0.25) is 0 Å². The van der Waals surface area contributed by atoms with Crippen molar-refractivity contribution in [2.24, 2.45) is 5.92 Å². The average Bonchev–Trinajstić information content (AvgIpc) is 2.39. The summed E-state index contributed by atoms with van der Waals surface area (Å²) in [5.74, 6) is -0.439. The van der Waals surface area contributed by atoms with Crippen molar-refractivity contribution < 1.29 is 13.5 Å². The van der Waals surface area contributed by atoms with E-state index in [4.69, 9.17) is 4.74 Å². The summed E-state index contributed by atoms with van der Waals surface area (Å²) in [6, 6.07) is 3.82. The Balaban J connectivity index is 1.98. The molecule has 1 atom stereocenters. The molecule has 0 spiro atoms. The second kappa shape index (κ2) is 7.85.